The lowest BCUT2D eigenvalue weighted by Gasteiger charge is -1.91. The van der Waals surface area contributed by atoms with E-state index in [4.69, 9.17) is 0 Å². The second kappa shape index (κ2) is 3.97. The lowest BCUT2D eigenvalue weighted by Crippen LogP contribution is -1.73. The van der Waals surface area contributed by atoms with Crippen LogP contribution in [0.25, 0.3) is 15.0 Å². The molecule has 2 aromatic carbocycles. The van der Waals surface area contributed by atoms with Crippen molar-refractivity contribution < 1.29 is 4.39 Å². The van der Waals surface area contributed by atoms with Crippen molar-refractivity contribution in [1.29, 1.82) is 0 Å². The van der Waals surface area contributed by atoms with Crippen molar-refractivity contribution in [2.75, 3.05) is 0 Å². The number of hydrogen-bond donors (Lipinski definition) is 0. The van der Waals surface area contributed by atoms with Gasteiger partial charge in [-0.15, -0.1) is 0 Å². The van der Waals surface area contributed by atoms with E-state index in [1.54, 1.807) is 12.1 Å². The van der Waals surface area contributed by atoms with Crippen LogP contribution >= 0.6 is 10.5 Å². The highest BCUT2D eigenvalue weighted by molar-refractivity contribution is 7.43. The van der Waals surface area contributed by atoms with E-state index in [0.717, 1.165) is 4.90 Å². The molecule has 84 valence electrons. The lowest BCUT2D eigenvalue weighted by molar-refractivity contribution is 0.629. The van der Waals surface area contributed by atoms with Crippen molar-refractivity contribution >= 4 is 20.6 Å². The van der Waals surface area contributed by atoms with Gasteiger partial charge in [0.05, 0.1) is 0 Å². The highest BCUT2D eigenvalue weighted by Gasteiger charge is 2.18. The van der Waals surface area contributed by atoms with E-state index in [9.17, 15) is 4.39 Å². The summed E-state index contributed by atoms with van der Waals surface area (Å²) >= 11 is 0. The minimum atomic E-state index is -0.162. The zero-order valence-electron chi connectivity index (χ0n) is 9.48. The largest absolute Gasteiger partial charge is 0.207 e. The number of aryl methyl sites for hydroxylation is 1. The van der Waals surface area contributed by atoms with E-state index in [0.29, 0.717) is 0 Å². The van der Waals surface area contributed by atoms with Crippen molar-refractivity contribution in [3.8, 4) is 4.90 Å². The van der Waals surface area contributed by atoms with E-state index < -0.39 is 0 Å². The van der Waals surface area contributed by atoms with E-state index in [1.165, 1.54) is 21.7 Å². The molecule has 0 nitrogen and oxygen atoms in total. The fraction of sp³-hybridized carbons (Fsp3) is 0.0667. The minimum absolute atomic E-state index is 0.108. The summed E-state index contributed by atoms with van der Waals surface area (Å²) in [5, 5.41) is 3.53. The average molecular weight is 243 g/mol. The van der Waals surface area contributed by atoms with Crippen molar-refractivity contribution in [2.45, 2.75) is 6.92 Å². The Morgan fingerprint density at radius 3 is 2.65 bits per heavy atom. The zero-order valence-corrected chi connectivity index (χ0v) is 10.3. The maximum absolute atomic E-state index is 13.3. The average Bonchev–Trinajstić information content (AvgIpc) is 2.68. The van der Waals surface area contributed by atoms with Gasteiger partial charge in [-0.3, -0.25) is 0 Å². The summed E-state index contributed by atoms with van der Waals surface area (Å²) in [6.45, 7) is 2.12. The molecule has 0 saturated carbocycles. The van der Waals surface area contributed by atoms with E-state index >= 15 is 0 Å². The van der Waals surface area contributed by atoms with Gasteiger partial charge in [-0.05, 0) is 31.2 Å². The first-order chi connectivity index (χ1) is 8.25. The second-order valence-corrected chi connectivity index (χ2v) is 5.91. The Hall–Kier alpha value is -1.67. The van der Waals surface area contributed by atoms with Crippen molar-refractivity contribution in [1.82, 2.24) is 0 Å². The van der Waals surface area contributed by atoms with Crippen molar-refractivity contribution in [2.24, 2.45) is 0 Å². The Kier molecular flexibility index (Phi) is 2.45. The van der Waals surface area contributed by atoms with Gasteiger partial charge in [-0.2, -0.15) is 0 Å². The molecular weight excluding hydrogens is 231 g/mol. The van der Waals surface area contributed by atoms with Crippen LogP contribution in [0, 0.1) is 12.7 Å². The molecule has 0 saturated heterocycles. The third kappa shape index (κ3) is 1.75. The molecule has 0 aliphatic rings. The number of hydrogen-bond acceptors (Lipinski definition) is 0. The number of benzene rings is 2. The molecule has 0 aliphatic carbocycles. The Bertz CT molecular complexity index is 682. The molecule has 1 unspecified atom stereocenters. The Morgan fingerprint density at radius 1 is 1.00 bits per heavy atom. The minimum Gasteiger partial charge on any atom is -0.207 e. The van der Waals surface area contributed by atoms with Gasteiger partial charge in [-0.25, -0.2) is 4.39 Å². The predicted molar refractivity (Wildman–Crippen MR) is 72.5 cm³/mol. The lowest BCUT2D eigenvalue weighted by atomic mass is 10.2. The molecule has 3 aromatic rings. The first-order valence-corrected chi connectivity index (χ1v) is 6.81. The van der Waals surface area contributed by atoms with Crippen LogP contribution in [0.2, 0.25) is 0 Å². The topological polar surface area (TPSA) is 0 Å². The maximum atomic E-state index is 13.3. The predicted octanol–water partition coefficient (Wildman–Crippen LogP) is 5.03. The quantitative estimate of drug-likeness (QED) is 0.526. The van der Waals surface area contributed by atoms with Gasteiger partial charge in [0.25, 0.3) is 0 Å². The normalized spacial score (nSPS) is 12.0. The van der Waals surface area contributed by atoms with Crippen molar-refractivity contribution in [3.05, 3.63) is 65.3 Å². The molecule has 0 radical (unpaired) electrons. The van der Waals surface area contributed by atoms with Gasteiger partial charge in [0.1, 0.15) is 11.2 Å². The van der Waals surface area contributed by atoms with Crippen LogP contribution in [0.3, 0.4) is 0 Å². The molecule has 1 aromatic heterocycles. The molecule has 3 rings (SSSR count). The number of rotatable bonds is 1. The highest BCUT2D eigenvalue weighted by Crippen LogP contribution is 2.41. The molecule has 0 spiro atoms. The van der Waals surface area contributed by atoms with Crippen molar-refractivity contribution in [3.63, 3.8) is 0 Å². The molecule has 0 bridgehead atoms. The summed E-state index contributed by atoms with van der Waals surface area (Å²) in [6.07, 6.45) is 0. The van der Waals surface area contributed by atoms with Crippen LogP contribution in [0.4, 0.5) is 4.39 Å². The van der Waals surface area contributed by atoms with Gasteiger partial charge in [-0.1, -0.05) is 18.2 Å². The summed E-state index contributed by atoms with van der Waals surface area (Å²) in [5.74, 6) is -0.162. The SMILES string of the molecule is Cc1c[s+](-c2cccc(F)c2)c2ccccc12. The van der Waals surface area contributed by atoms with Crippen LogP contribution in [-0.4, -0.2) is 0 Å². The van der Waals surface area contributed by atoms with Crippen LogP contribution in [0.15, 0.2) is 53.9 Å². The molecule has 17 heavy (non-hydrogen) atoms. The van der Waals surface area contributed by atoms with Gasteiger partial charge >= 0.3 is 0 Å². The second-order valence-electron chi connectivity index (χ2n) is 4.09. The van der Waals surface area contributed by atoms with Crippen LogP contribution in [-0.2, 0) is 0 Å². The fourth-order valence-corrected chi connectivity index (χ4v) is 4.24. The van der Waals surface area contributed by atoms with Crippen LogP contribution in [0.5, 0.6) is 0 Å². The Morgan fingerprint density at radius 2 is 1.82 bits per heavy atom. The number of fused-ring (bicyclic) bond motifs is 1. The van der Waals surface area contributed by atoms with Crippen LogP contribution < -0.4 is 0 Å². The molecule has 1 atom stereocenters. The standard InChI is InChI=1S/C15H12FS/c1-11-10-17(13-6-4-5-12(16)9-13)15-8-3-2-7-14(11)15/h2-10H,1H3/q+1. The molecule has 0 amide bonds. The maximum Gasteiger partial charge on any atom is 0.186 e. The summed E-state index contributed by atoms with van der Waals surface area (Å²) in [6, 6.07) is 15.3. The van der Waals surface area contributed by atoms with Crippen LogP contribution in [0.1, 0.15) is 5.56 Å². The monoisotopic (exact) mass is 243 g/mol. The molecular formula is C15H12FS+. The van der Waals surface area contributed by atoms with Gasteiger partial charge in [0, 0.05) is 27.5 Å². The van der Waals surface area contributed by atoms with Gasteiger partial charge < -0.3 is 0 Å². The van der Waals surface area contributed by atoms with E-state index in [-0.39, 0.29) is 16.3 Å². The first-order valence-electron chi connectivity index (χ1n) is 5.52. The van der Waals surface area contributed by atoms with Gasteiger partial charge in [0.2, 0.25) is 0 Å². The first kappa shape index (κ1) is 10.5. The van der Waals surface area contributed by atoms with Gasteiger partial charge in [0.15, 0.2) is 9.60 Å². The highest BCUT2D eigenvalue weighted by atomic mass is 32.2. The summed E-state index contributed by atoms with van der Waals surface area (Å²) < 4.78 is 14.6. The van der Waals surface area contributed by atoms with E-state index in [1.807, 2.05) is 12.1 Å². The molecule has 0 fully saturated rings. The smallest absolute Gasteiger partial charge is 0.186 e. The molecule has 0 aliphatic heterocycles. The Balaban J connectivity index is 2.31. The zero-order chi connectivity index (χ0) is 11.8. The third-order valence-corrected chi connectivity index (χ3v) is 5.07. The number of halogens is 1. The fourth-order valence-electron chi connectivity index (χ4n) is 2.09. The van der Waals surface area contributed by atoms with E-state index in [2.05, 4.69) is 30.5 Å². The summed E-state index contributed by atoms with van der Waals surface area (Å²) in [4.78, 5) is 1.05. The molecule has 2 heteroatoms. The molecule has 1 heterocycles. The summed E-state index contributed by atoms with van der Waals surface area (Å²) in [5.41, 5.74) is 1.29. The summed E-state index contributed by atoms with van der Waals surface area (Å²) in [7, 11) is -0.108. The molecule has 0 N–H and O–H groups in total. The Labute approximate surface area is 102 Å². The number of thiophene rings is 1. The third-order valence-electron chi connectivity index (χ3n) is 2.89.